The van der Waals surface area contributed by atoms with E-state index in [2.05, 4.69) is 9.67 Å². The third-order valence-corrected chi connectivity index (χ3v) is 7.82. The summed E-state index contributed by atoms with van der Waals surface area (Å²) in [6.45, 7) is 1.64. The molecule has 8 heteroatoms. The molecule has 0 unspecified atom stereocenters. The van der Waals surface area contributed by atoms with Crippen LogP contribution in [0.1, 0.15) is 31.2 Å². The van der Waals surface area contributed by atoms with Crippen molar-refractivity contribution in [1.82, 2.24) is 24.3 Å². The van der Waals surface area contributed by atoms with E-state index in [4.69, 9.17) is 15.7 Å². The van der Waals surface area contributed by atoms with Gasteiger partial charge in [-0.05, 0) is 73.9 Å². The lowest BCUT2D eigenvalue weighted by molar-refractivity contribution is 0.258. The average Bonchev–Trinajstić information content (AvgIpc) is 3.51. The molecule has 1 aliphatic rings. The summed E-state index contributed by atoms with van der Waals surface area (Å²) in [4.78, 5) is 9.71. The molecule has 0 radical (unpaired) electrons. The van der Waals surface area contributed by atoms with E-state index in [-0.39, 0.29) is 5.56 Å². The zero-order chi connectivity index (χ0) is 25.5. The molecule has 0 bridgehead atoms. The van der Waals surface area contributed by atoms with Crippen molar-refractivity contribution >= 4 is 21.9 Å². The van der Waals surface area contributed by atoms with E-state index in [0.29, 0.717) is 17.4 Å². The number of imidazole rings is 1. The van der Waals surface area contributed by atoms with Gasteiger partial charge in [0.2, 0.25) is 0 Å². The van der Waals surface area contributed by atoms with Gasteiger partial charge in [0.25, 0.3) is 0 Å². The SMILES string of the molecule is Cn1ncc2cc(-c3ncc4c(ncn4C[C@H]4CC[C@H](CN)CC4)c3-c3ccc(C#N)c(F)c3)ccc21. The Kier molecular flexibility index (Phi) is 5.93. The minimum Gasteiger partial charge on any atom is -0.330 e. The van der Waals surface area contributed by atoms with E-state index in [0.717, 1.165) is 64.7 Å². The molecule has 0 saturated heterocycles. The molecule has 37 heavy (non-hydrogen) atoms. The second-order valence-corrected chi connectivity index (χ2v) is 10.1. The Morgan fingerprint density at radius 3 is 2.54 bits per heavy atom. The number of halogens is 1. The number of benzene rings is 2. The summed E-state index contributed by atoms with van der Waals surface area (Å²) in [7, 11) is 1.91. The van der Waals surface area contributed by atoms with Crippen LogP contribution in [-0.2, 0) is 13.6 Å². The van der Waals surface area contributed by atoms with Crippen molar-refractivity contribution in [3.63, 3.8) is 0 Å². The van der Waals surface area contributed by atoms with Crippen molar-refractivity contribution in [2.45, 2.75) is 32.2 Å². The normalized spacial score (nSPS) is 17.9. The van der Waals surface area contributed by atoms with Crippen LogP contribution in [0.25, 0.3) is 44.3 Å². The predicted molar refractivity (Wildman–Crippen MR) is 142 cm³/mol. The first-order valence-electron chi connectivity index (χ1n) is 12.7. The lowest BCUT2D eigenvalue weighted by Gasteiger charge is -2.27. The topological polar surface area (TPSA) is 98.3 Å². The smallest absolute Gasteiger partial charge is 0.141 e. The van der Waals surface area contributed by atoms with E-state index in [1.54, 1.807) is 6.07 Å². The van der Waals surface area contributed by atoms with Gasteiger partial charge >= 0.3 is 0 Å². The highest BCUT2D eigenvalue weighted by Crippen LogP contribution is 2.38. The van der Waals surface area contributed by atoms with Crippen LogP contribution >= 0.6 is 0 Å². The molecular weight excluding hydrogens is 465 g/mol. The van der Waals surface area contributed by atoms with Gasteiger partial charge in [-0.2, -0.15) is 10.4 Å². The highest BCUT2D eigenvalue weighted by molar-refractivity contribution is 6.00. The number of nitrogens with zero attached hydrogens (tertiary/aromatic N) is 6. The van der Waals surface area contributed by atoms with Gasteiger partial charge in [-0.1, -0.05) is 12.1 Å². The van der Waals surface area contributed by atoms with Crippen LogP contribution in [0, 0.1) is 29.0 Å². The number of hydrogen-bond donors (Lipinski definition) is 1. The summed E-state index contributed by atoms with van der Waals surface area (Å²) in [5, 5.41) is 14.6. The summed E-state index contributed by atoms with van der Waals surface area (Å²) in [5.41, 5.74) is 11.6. The van der Waals surface area contributed by atoms with E-state index < -0.39 is 5.82 Å². The standard InChI is InChI=1S/C29H28FN7/c1-36-25-9-8-21(10-23(25)14-35-36)28-27(20-6-7-22(13-32)24(30)11-20)29-26(15-33-28)37(17-34-29)16-19-4-2-18(12-31)3-5-19/h6-11,14-15,17-19H,2-5,12,16,31H2,1H3/t18-,19-. The zero-order valence-electron chi connectivity index (χ0n) is 20.7. The lowest BCUT2D eigenvalue weighted by Crippen LogP contribution is -2.23. The summed E-state index contributed by atoms with van der Waals surface area (Å²) in [6, 6.07) is 12.7. The minimum atomic E-state index is -0.554. The Morgan fingerprint density at radius 2 is 1.78 bits per heavy atom. The second kappa shape index (κ2) is 9.41. The van der Waals surface area contributed by atoms with Crippen LogP contribution in [0.2, 0.25) is 0 Å². The fourth-order valence-electron chi connectivity index (χ4n) is 5.66. The van der Waals surface area contributed by atoms with Gasteiger partial charge in [0.15, 0.2) is 0 Å². The molecule has 5 aromatic rings. The maximum absolute atomic E-state index is 14.8. The van der Waals surface area contributed by atoms with E-state index in [1.807, 2.05) is 54.7 Å². The number of nitrogens with two attached hydrogens (primary N) is 1. The highest BCUT2D eigenvalue weighted by Gasteiger charge is 2.23. The Hall–Kier alpha value is -4.09. The molecule has 2 aromatic carbocycles. The molecule has 6 rings (SSSR count). The van der Waals surface area contributed by atoms with Crippen molar-refractivity contribution in [2.24, 2.45) is 24.6 Å². The van der Waals surface area contributed by atoms with Crippen molar-refractivity contribution < 1.29 is 4.39 Å². The maximum Gasteiger partial charge on any atom is 0.141 e. The maximum atomic E-state index is 14.8. The number of hydrogen-bond acceptors (Lipinski definition) is 5. The molecule has 0 atom stereocenters. The number of nitriles is 1. The first-order valence-corrected chi connectivity index (χ1v) is 12.7. The molecule has 7 nitrogen and oxygen atoms in total. The van der Waals surface area contributed by atoms with Crippen LogP contribution < -0.4 is 5.73 Å². The summed E-state index contributed by atoms with van der Waals surface area (Å²) < 4.78 is 18.8. The molecule has 1 saturated carbocycles. The molecule has 1 fully saturated rings. The van der Waals surface area contributed by atoms with Crippen molar-refractivity contribution in [3.05, 3.63) is 66.5 Å². The molecule has 0 aliphatic heterocycles. The quantitative estimate of drug-likeness (QED) is 0.352. The number of fused-ring (bicyclic) bond motifs is 2. The van der Waals surface area contributed by atoms with Crippen molar-refractivity contribution in [3.8, 4) is 28.5 Å². The Labute approximate surface area is 214 Å². The fraction of sp³-hybridized carbons (Fsp3) is 0.310. The van der Waals surface area contributed by atoms with Crippen LogP contribution in [-0.4, -0.2) is 30.9 Å². The molecular formula is C29H28FN7. The van der Waals surface area contributed by atoms with Gasteiger partial charge in [-0.3, -0.25) is 9.67 Å². The van der Waals surface area contributed by atoms with Crippen molar-refractivity contribution in [1.29, 1.82) is 5.26 Å². The fourth-order valence-corrected chi connectivity index (χ4v) is 5.66. The summed E-state index contributed by atoms with van der Waals surface area (Å²) in [6.07, 6.45) is 10.2. The third kappa shape index (κ3) is 4.15. The molecule has 3 heterocycles. The molecule has 186 valence electrons. The van der Waals surface area contributed by atoms with Gasteiger partial charge in [0, 0.05) is 30.1 Å². The molecule has 0 spiro atoms. The summed E-state index contributed by atoms with van der Waals surface area (Å²) in [5.74, 6) is 0.653. The van der Waals surface area contributed by atoms with Crippen molar-refractivity contribution in [2.75, 3.05) is 6.54 Å². The number of rotatable bonds is 5. The molecule has 2 N–H and O–H groups in total. The lowest BCUT2D eigenvalue weighted by atomic mass is 9.82. The largest absolute Gasteiger partial charge is 0.330 e. The average molecular weight is 494 g/mol. The Morgan fingerprint density at radius 1 is 1.00 bits per heavy atom. The molecule has 1 aliphatic carbocycles. The van der Waals surface area contributed by atoms with Crippen LogP contribution in [0.5, 0.6) is 0 Å². The first-order chi connectivity index (χ1) is 18.1. The Bertz CT molecular complexity index is 1650. The summed E-state index contributed by atoms with van der Waals surface area (Å²) >= 11 is 0. The number of pyridine rings is 1. The molecule has 0 amide bonds. The van der Waals surface area contributed by atoms with E-state index in [9.17, 15) is 9.65 Å². The monoisotopic (exact) mass is 493 g/mol. The highest BCUT2D eigenvalue weighted by atomic mass is 19.1. The first kappa shape index (κ1) is 23.3. The second-order valence-electron chi connectivity index (χ2n) is 10.1. The number of aromatic nitrogens is 5. The third-order valence-electron chi connectivity index (χ3n) is 7.82. The number of aryl methyl sites for hydroxylation is 1. The van der Waals surface area contributed by atoms with Gasteiger partial charge in [0.1, 0.15) is 17.4 Å². The molecule has 3 aromatic heterocycles. The minimum absolute atomic E-state index is 0.0147. The predicted octanol–water partition coefficient (Wildman–Crippen LogP) is 5.43. The van der Waals surface area contributed by atoms with Gasteiger partial charge in [-0.15, -0.1) is 0 Å². The van der Waals surface area contributed by atoms with Crippen LogP contribution in [0.15, 0.2) is 55.1 Å². The van der Waals surface area contributed by atoms with Crippen LogP contribution in [0.3, 0.4) is 0 Å². The van der Waals surface area contributed by atoms with Gasteiger partial charge in [0.05, 0.1) is 41.0 Å². The van der Waals surface area contributed by atoms with Gasteiger partial charge in [-0.25, -0.2) is 9.37 Å². The van der Waals surface area contributed by atoms with Gasteiger partial charge < -0.3 is 10.3 Å². The van der Waals surface area contributed by atoms with E-state index in [1.165, 1.54) is 25.0 Å². The zero-order valence-corrected chi connectivity index (χ0v) is 20.7. The van der Waals surface area contributed by atoms with E-state index >= 15 is 0 Å². The Balaban J connectivity index is 1.48. The van der Waals surface area contributed by atoms with Crippen LogP contribution in [0.4, 0.5) is 4.39 Å².